The van der Waals surface area contributed by atoms with Gasteiger partial charge in [-0.3, -0.25) is 9.36 Å². The summed E-state index contributed by atoms with van der Waals surface area (Å²) in [5, 5.41) is 9.26. The van der Waals surface area contributed by atoms with Crippen LogP contribution >= 0.6 is 11.3 Å². The highest BCUT2D eigenvalue weighted by Crippen LogP contribution is 2.21. The first-order valence-electron chi connectivity index (χ1n) is 5.54. The zero-order chi connectivity index (χ0) is 12.4. The predicted molar refractivity (Wildman–Crippen MR) is 68.2 cm³/mol. The quantitative estimate of drug-likeness (QED) is 0.835. The SMILES string of the molecule is CCc1cc2c(=O)n(CCC#N)c(C)nc2s1. The van der Waals surface area contributed by atoms with Crippen molar-refractivity contribution in [2.75, 3.05) is 0 Å². The zero-order valence-electron chi connectivity index (χ0n) is 9.86. The van der Waals surface area contributed by atoms with E-state index in [1.54, 1.807) is 15.9 Å². The van der Waals surface area contributed by atoms with Crippen LogP contribution in [0, 0.1) is 18.3 Å². The number of aromatic nitrogens is 2. The van der Waals surface area contributed by atoms with Crippen molar-refractivity contribution < 1.29 is 0 Å². The van der Waals surface area contributed by atoms with Gasteiger partial charge in [0.25, 0.3) is 5.56 Å². The Bertz CT molecular complexity index is 648. The van der Waals surface area contributed by atoms with Crippen molar-refractivity contribution in [2.45, 2.75) is 33.2 Å². The summed E-state index contributed by atoms with van der Waals surface area (Å²) in [5.41, 5.74) is -0.0290. The molecule has 0 unspecified atom stereocenters. The van der Waals surface area contributed by atoms with Crippen LogP contribution in [0.15, 0.2) is 10.9 Å². The second kappa shape index (κ2) is 4.68. The van der Waals surface area contributed by atoms with E-state index in [1.165, 1.54) is 4.88 Å². The summed E-state index contributed by atoms with van der Waals surface area (Å²) in [6.45, 7) is 4.29. The second-order valence-electron chi connectivity index (χ2n) is 3.81. The highest BCUT2D eigenvalue weighted by atomic mass is 32.1. The van der Waals surface area contributed by atoms with E-state index >= 15 is 0 Å². The van der Waals surface area contributed by atoms with E-state index in [4.69, 9.17) is 5.26 Å². The summed E-state index contributed by atoms with van der Waals surface area (Å²) in [6.07, 6.45) is 1.25. The van der Waals surface area contributed by atoms with E-state index < -0.39 is 0 Å². The van der Waals surface area contributed by atoms with E-state index in [2.05, 4.69) is 18.0 Å². The van der Waals surface area contributed by atoms with Crippen LogP contribution in [0.2, 0.25) is 0 Å². The van der Waals surface area contributed by atoms with Crippen molar-refractivity contribution in [3.63, 3.8) is 0 Å². The summed E-state index contributed by atoms with van der Waals surface area (Å²) >= 11 is 1.57. The van der Waals surface area contributed by atoms with Crippen molar-refractivity contribution in [2.24, 2.45) is 0 Å². The van der Waals surface area contributed by atoms with Gasteiger partial charge in [-0.25, -0.2) is 4.98 Å². The molecule has 0 saturated carbocycles. The molecule has 0 aliphatic carbocycles. The van der Waals surface area contributed by atoms with E-state index in [1.807, 2.05) is 13.0 Å². The lowest BCUT2D eigenvalue weighted by Crippen LogP contribution is -2.23. The lowest BCUT2D eigenvalue weighted by atomic mass is 10.3. The molecular formula is C12H13N3OS. The molecule has 0 saturated heterocycles. The van der Waals surface area contributed by atoms with Crippen molar-refractivity contribution in [1.82, 2.24) is 9.55 Å². The minimum atomic E-state index is -0.0290. The summed E-state index contributed by atoms with van der Waals surface area (Å²) in [5.74, 6) is 0.683. The normalized spacial score (nSPS) is 10.6. The maximum Gasteiger partial charge on any atom is 0.262 e. The molecule has 17 heavy (non-hydrogen) atoms. The Kier molecular flexibility index (Phi) is 3.25. The first kappa shape index (κ1) is 11.8. The predicted octanol–water partition coefficient (Wildman–Crippen LogP) is 2.24. The molecule has 0 fully saturated rings. The van der Waals surface area contributed by atoms with Crippen LogP contribution in [-0.4, -0.2) is 9.55 Å². The molecule has 0 bridgehead atoms. The minimum absolute atomic E-state index is 0.0290. The highest BCUT2D eigenvalue weighted by molar-refractivity contribution is 7.18. The van der Waals surface area contributed by atoms with Crippen LogP contribution in [0.1, 0.15) is 24.0 Å². The van der Waals surface area contributed by atoms with E-state index in [0.717, 1.165) is 11.3 Å². The summed E-state index contributed by atoms with van der Waals surface area (Å²) in [4.78, 5) is 18.6. The van der Waals surface area contributed by atoms with Crippen molar-refractivity contribution in [3.8, 4) is 6.07 Å². The van der Waals surface area contributed by atoms with Crippen molar-refractivity contribution in [1.29, 1.82) is 5.26 Å². The lowest BCUT2D eigenvalue weighted by molar-refractivity contribution is 0.653. The van der Waals surface area contributed by atoms with Gasteiger partial charge in [0, 0.05) is 11.4 Å². The summed E-state index contributed by atoms with van der Waals surface area (Å²) in [7, 11) is 0. The molecule has 0 aromatic carbocycles. The van der Waals surface area contributed by atoms with Gasteiger partial charge >= 0.3 is 0 Å². The zero-order valence-corrected chi connectivity index (χ0v) is 10.7. The van der Waals surface area contributed by atoms with Crippen LogP contribution in [0.3, 0.4) is 0 Å². The van der Waals surface area contributed by atoms with Gasteiger partial charge in [-0.15, -0.1) is 11.3 Å². The van der Waals surface area contributed by atoms with Gasteiger partial charge < -0.3 is 0 Å². The fourth-order valence-corrected chi connectivity index (χ4v) is 2.77. The first-order valence-corrected chi connectivity index (χ1v) is 6.35. The smallest absolute Gasteiger partial charge is 0.262 e. The number of nitrogens with zero attached hydrogens (tertiary/aromatic N) is 3. The maximum absolute atomic E-state index is 12.2. The standard InChI is InChI=1S/C12H13N3OS/c1-3-9-7-10-11(17-9)14-8(2)15(12(10)16)6-4-5-13/h7H,3-4,6H2,1-2H3. The van der Waals surface area contributed by atoms with Crippen LogP contribution in [0.5, 0.6) is 0 Å². The topological polar surface area (TPSA) is 58.7 Å². The number of nitriles is 1. The number of hydrogen-bond acceptors (Lipinski definition) is 4. The minimum Gasteiger partial charge on any atom is -0.295 e. The Morgan fingerprint density at radius 3 is 3.00 bits per heavy atom. The van der Waals surface area contributed by atoms with Crippen LogP contribution in [-0.2, 0) is 13.0 Å². The van der Waals surface area contributed by atoms with E-state index in [9.17, 15) is 4.79 Å². The van der Waals surface area contributed by atoms with Gasteiger partial charge in [0.1, 0.15) is 10.7 Å². The number of hydrogen-bond donors (Lipinski definition) is 0. The molecule has 0 amide bonds. The van der Waals surface area contributed by atoms with Gasteiger partial charge in [0.2, 0.25) is 0 Å². The van der Waals surface area contributed by atoms with Crippen LogP contribution in [0.25, 0.3) is 10.2 Å². The van der Waals surface area contributed by atoms with Gasteiger partial charge in [-0.2, -0.15) is 5.26 Å². The van der Waals surface area contributed by atoms with Gasteiger partial charge in [0.15, 0.2) is 0 Å². The van der Waals surface area contributed by atoms with Crippen molar-refractivity contribution in [3.05, 3.63) is 27.1 Å². The number of rotatable bonds is 3. The molecule has 0 aliphatic heterocycles. The molecular weight excluding hydrogens is 234 g/mol. The molecule has 0 spiro atoms. The second-order valence-corrected chi connectivity index (χ2v) is 4.92. The number of fused-ring (bicyclic) bond motifs is 1. The third-order valence-corrected chi connectivity index (χ3v) is 3.86. The van der Waals surface area contributed by atoms with Crippen molar-refractivity contribution >= 4 is 21.6 Å². The fraction of sp³-hybridized carbons (Fsp3) is 0.417. The molecule has 2 heterocycles. The van der Waals surface area contributed by atoms with Gasteiger partial charge in [0.05, 0.1) is 17.9 Å². The molecule has 4 nitrogen and oxygen atoms in total. The molecule has 0 atom stereocenters. The molecule has 2 rings (SSSR count). The molecule has 2 aromatic heterocycles. The Labute approximate surface area is 103 Å². The number of aryl methyl sites for hydroxylation is 2. The largest absolute Gasteiger partial charge is 0.295 e. The molecule has 88 valence electrons. The summed E-state index contributed by atoms with van der Waals surface area (Å²) < 4.78 is 1.58. The maximum atomic E-state index is 12.2. The molecule has 2 aromatic rings. The van der Waals surface area contributed by atoms with E-state index in [0.29, 0.717) is 24.2 Å². The molecule has 5 heteroatoms. The monoisotopic (exact) mass is 247 g/mol. The Balaban J connectivity index is 2.62. The average molecular weight is 247 g/mol. The Morgan fingerprint density at radius 1 is 1.59 bits per heavy atom. The fourth-order valence-electron chi connectivity index (χ4n) is 1.77. The number of thiophene rings is 1. The van der Waals surface area contributed by atoms with Gasteiger partial charge in [-0.1, -0.05) is 6.92 Å². The molecule has 0 N–H and O–H groups in total. The highest BCUT2D eigenvalue weighted by Gasteiger charge is 2.10. The third kappa shape index (κ3) is 2.08. The van der Waals surface area contributed by atoms with E-state index in [-0.39, 0.29) is 5.56 Å². The first-order chi connectivity index (χ1) is 8.17. The molecule has 0 aliphatic rings. The van der Waals surface area contributed by atoms with Crippen LogP contribution in [0.4, 0.5) is 0 Å². The van der Waals surface area contributed by atoms with Crippen LogP contribution < -0.4 is 5.56 Å². The Hall–Kier alpha value is -1.67. The Morgan fingerprint density at radius 2 is 2.35 bits per heavy atom. The average Bonchev–Trinajstić information content (AvgIpc) is 2.72. The summed E-state index contributed by atoms with van der Waals surface area (Å²) in [6, 6.07) is 3.96. The third-order valence-electron chi connectivity index (χ3n) is 2.69. The lowest BCUT2D eigenvalue weighted by Gasteiger charge is -2.06. The van der Waals surface area contributed by atoms with Gasteiger partial charge in [-0.05, 0) is 19.4 Å². The molecule has 0 radical (unpaired) electrons.